The van der Waals surface area contributed by atoms with E-state index in [-0.39, 0.29) is 23.6 Å². The van der Waals surface area contributed by atoms with Crippen LogP contribution in [0, 0.1) is 5.92 Å². The van der Waals surface area contributed by atoms with Crippen LogP contribution in [-0.4, -0.2) is 66.3 Å². The number of rotatable bonds is 11. The molecule has 1 aromatic carbocycles. The summed E-state index contributed by atoms with van der Waals surface area (Å²) >= 11 is 5.88. The van der Waals surface area contributed by atoms with Gasteiger partial charge in [-0.2, -0.15) is 0 Å². The Balaban J connectivity index is 1.78. The third kappa shape index (κ3) is 5.21. The summed E-state index contributed by atoms with van der Waals surface area (Å²) in [6.45, 7) is 1.98. The minimum Gasteiger partial charge on any atom is -0.494 e. The van der Waals surface area contributed by atoms with Gasteiger partial charge >= 0.3 is 0 Å². The summed E-state index contributed by atoms with van der Waals surface area (Å²) in [5, 5.41) is 7.84. The average molecular weight is 552 g/mol. The van der Waals surface area contributed by atoms with Gasteiger partial charge in [-0.15, -0.1) is 10.2 Å². The number of para-hydroxylation sites is 1. The molecule has 3 aromatic rings. The zero-order valence-electron chi connectivity index (χ0n) is 21.0. The first-order valence-corrected chi connectivity index (χ1v) is 13.6. The quantitative estimate of drug-likeness (QED) is 0.363. The predicted octanol–water partition coefficient (Wildman–Crippen LogP) is 2.70. The first-order chi connectivity index (χ1) is 17.7. The van der Waals surface area contributed by atoms with Gasteiger partial charge in [0, 0.05) is 25.4 Å². The van der Waals surface area contributed by atoms with E-state index >= 15 is 0 Å². The molecule has 0 aliphatic heterocycles. The van der Waals surface area contributed by atoms with Crippen molar-refractivity contribution in [1.29, 1.82) is 0 Å². The molecule has 1 aliphatic rings. The number of nitrogens with one attached hydrogen (secondary N) is 1. The highest BCUT2D eigenvalue weighted by atomic mass is 35.5. The number of sulfonamides is 1. The summed E-state index contributed by atoms with van der Waals surface area (Å²) in [6.07, 6.45) is 3.59. The van der Waals surface area contributed by atoms with Crippen molar-refractivity contribution >= 4 is 27.6 Å². The normalized spacial score (nSPS) is 19.1. The standard InChI is InChI=1S/C23H30ClN7O5S/c1-13(20(36-4)21-26-11-15(24)12-27-21)37(32,33)30-23-29-28-22(16-9-8-14(16)10-25)31(23)19-17(34-2)6-5-7-18(19)35-3/h5-7,11-14,16,20H,8-10,25H2,1-4H3,(H,29,30)/t13-,14+,16-,20-/m0/s1. The molecule has 2 aromatic heterocycles. The SMILES string of the molecule is COc1cccc(OC)c1-n1c(NS(=O)(=O)[C@@H](C)[C@H](OC)c2ncc(Cl)cn2)nnc1[C@H]1CC[C@@H]1CN. The van der Waals surface area contributed by atoms with Crippen molar-refractivity contribution in [3.8, 4) is 17.2 Å². The van der Waals surface area contributed by atoms with Gasteiger partial charge in [-0.05, 0) is 44.4 Å². The lowest BCUT2D eigenvalue weighted by Gasteiger charge is -2.35. The minimum atomic E-state index is -4.09. The van der Waals surface area contributed by atoms with Gasteiger partial charge in [-0.25, -0.2) is 18.4 Å². The molecule has 1 aliphatic carbocycles. The van der Waals surface area contributed by atoms with E-state index in [2.05, 4.69) is 24.9 Å². The molecular formula is C23H30ClN7O5S. The lowest BCUT2D eigenvalue weighted by atomic mass is 9.73. The molecule has 0 saturated heterocycles. The van der Waals surface area contributed by atoms with Crippen molar-refractivity contribution in [2.45, 2.75) is 37.0 Å². The van der Waals surface area contributed by atoms with Crippen LogP contribution >= 0.6 is 11.6 Å². The van der Waals surface area contributed by atoms with Gasteiger partial charge in [0.05, 0.1) is 19.2 Å². The number of anilines is 1. The van der Waals surface area contributed by atoms with Crippen LogP contribution in [0.15, 0.2) is 30.6 Å². The van der Waals surface area contributed by atoms with Crippen molar-refractivity contribution in [3.63, 3.8) is 0 Å². The zero-order chi connectivity index (χ0) is 26.7. The largest absolute Gasteiger partial charge is 0.494 e. The number of nitrogens with two attached hydrogens (primary N) is 1. The van der Waals surface area contributed by atoms with Crippen LogP contribution < -0.4 is 19.9 Å². The fourth-order valence-electron chi connectivity index (χ4n) is 4.43. The number of hydrogen-bond acceptors (Lipinski definition) is 10. The second kappa shape index (κ2) is 11.2. The molecular weight excluding hydrogens is 522 g/mol. The Labute approximate surface area is 220 Å². The Morgan fingerprint density at radius 1 is 1.14 bits per heavy atom. The monoisotopic (exact) mass is 551 g/mol. The van der Waals surface area contributed by atoms with Crippen LogP contribution in [0.5, 0.6) is 11.5 Å². The van der Waals surface area contributed by atoms with Crippen LogP contribution in [0.3, 0.4) is 0 Å². The summed E-state index contributed by atoms with van der Waals surface area (Å²) in [4.78, 5) is 8.25. The van der Waals surface area contributed by atoms with E-state index < -0.39 is 21.4 Å². The van der Waals surface area contributed by atoms with Crippen molar-refractivity contribution in [3.05, 3.63) is 47.3 Å². The number of halogens is 1. The molecule has 4 rings (SSSR count). The first kappa shape index (κ1) is 27.0. The van der Waals surface area contributed by atoms with E-state index in [1.54, 1.807) is 22.8 Å². The van der Waals surface area contributed by atoms with Crippen LogP contribution in [0.1, 0.15) is 43.4 Å². The fourth-order valence-corrected chi connectivity index (χ4v) is 5.65. The maximum atomic E-state index is 13.6. The molecule has 14 heteroatoms. The molecule has 0 bridgehead atoms. The van der Waals surface area contributed by atoms with Gasteiger partial charge in [-0.3, -0.25) is 9.29 Å². The van der Waals surface area contributed by atoms with Gasteiger partial charge in [0.25, 0.3) is 0 Å². The lowest BCUT2D eigenvalue weighted by Crippen LogP contribution is -2.34. The van der Waals surface area contributed by atoms with Crippen LogP contribution in [0.25, 0.3) is 5.69 Å². The topological polar surface area (TPSA) is 156 Å². The first-order valence-electron chi connectivity index (χ1n) is 11.6. The van der Waals surface area contributed by atoms with Crippen LogP contribution in [0.4, 0.5) is 5.95 Å². The molecule has 0 amide bonds. The third-order valence-corrected chi connectivity index (χ3v) is 8.55. The number of ether oxygens (including phenoxy) is 3. The van der Waals surface area contributed by atoms with E-state index in [0.717, 1.165) is 12.8 Å². The lowest BCUT2D eigenvalue weighted by molar-refractivity contribution is 0.0950. The van der Waals surface area contributed by atoms with E-state index in [0.29, 0.717) is 34.6 Å². The van der Waals surface area contributed by atoms with Crippen molar-refractivity contribution in [2.75, 3.05) is 32.6 Å². The van der Waals surface area contributed by atoms with Gasteiger partial charge in [0.15, 0.2) is 5.82 Å². The average Bonchev–Trinajstić information content (AvgIpc) is 3.25. The summed E-state index contributed by atoms with van der Waals surface area (Å²) in [7, 11) is 0.344. The van der Waals surface area contributed by atoms with Crippen LogP contribution in [0.2, 0.25) is 5.02 Å². The van der Waals surface area contributed by atoms with E-state index in [4.69, 9.17) is 31.5 Å². The van der Waals surface area contributed by atoms with Crippen molar-refractivity contribution < 1.29 is 22.6 Å². The highest BCUT2D eigenvalue weighted by Crippen LogP contribution is 2.45. The van der Waals surface area contributed by atoms with Crippen LogP contribution in [-0.2, 0) is 14.8 Å². The molecule has 2 heterocycles. The number of benzene rings is 1. The maximum absolute atomic E-state index is 13.6. The molecule has 4 atom stereocenters. The summed E-state index contributed by atoms with van der Waals surface area (Å²) in [5.74, 6) is 1.85. The molecule has 12 nitrogen and oxygen atoms in total. The number of methoxy groups -OCH3 is 3. The minimum absolute atomic E-state index is 0.00279. The molecule has 3 N–H and O–H groups in total. The number of aromatic nitrogens is 5. The molecule has 0 radical (unpaired) electrons. The van der Waals surface area contributed by atoms with E-state index in [1.807, 2.05) is 0 Å². The van der Waals surface area contributed by atoms with Gasteiger partial charge in [0.1, 0.15) is 34.4 Å². The summed E-state index contributed by atoms with van der Waals surface area (Å²) in [6, 6.07) is 5.28. The maximum Gasteiger partial charge on any atom is 0.243 e. The van der Waals surface area contributed by atoms with Crippen molar-refractivity contribution in [1.82, 2.24) is 24.7 Å². The number of hydrogen-bond donors (Lipinski definition) is 2. The molecule has 1 saturated carbocycles. The number of nitrogens with zero attached hydrogens (tertiary/aromatic N) is 5. The molecule has 0 unspecified atom stereocenters. The molecule has 1 fully saturated rings. The second-order valence-corrected chi connectivity index (χ2v) is 11.2. The summed E-state index contributed by atoms with van der Waals surface area (Å²) < 4.78 is 48.1. The Kier molecular flexibility index (Phi) is 8.17. The predicted molar refractivity (Wildman–Crippen MR) is 138 cm³/mol. The molecule has 0 spiro atoms. The Morgan fingerprint density at radius 2 is 1.78 bits per heavy atom. The van der Waals surface area contributed by atoms with E-state index in [1.165, 1.54) is 40.6 Å². The smallest absolute Gasteiger partial charge is 0.243 e. The third-order valence-electron chi connectivity index (χ3n) is 6.66. The van der Waals surface area contributed by atoms with Gasteiger partial charge in [0.2, 0.25) is 16.0 Å². The van der Waals surface area contributed by atoms with Crippen molar-refractivity contribution in [2.24, 2.45) is 11.7 Å². The zero-order valence-corrected chi connectivity index (χ0v) is 22.5. The highest BCUT2D eigenvalue weighted by Gasteiger charge is 2.39. The van der Waals surface area contributed by atoms with E-state index in [9.17, 15) is 8.42 Å². The highest BCUT2D eigenvalue weighted by molar-refractivity contribution is 7.93. The fraction of sp³-hybridized carbons (Fsp3) is 0.478. The Hall–Kier alpha value is -3.00. The second-order valence-electron chi connectivity index (χ2n) is 8.68. The Morgan fingerprint density at radius 3 is 2.30 bits per heavy atom. The summed E-state index contributed by atoms with van der Waals surface area (Å²) in [5.41, 5.74) is 6.45. The van der Waals surface area contributed by atoms with Gasteiger partial charge < -0.3 is 19.9 Å². The molecule has 37 heavy (non-hydrogen) atoms. The Bertz CT molecular complexity index is 1310. The van der Waals surface area contributed by atoms with Gasteiger partial charge in [-0.1, -0.05) is 17.7 Å². The molecule has 200 valence electrons.